The van der Waals surface area contributed by atoms with Crippen molar-refractivity contribution in [3.63, 3.8) is 0 Å². The summed E-state index contributed by atoms with van der Waals surface area (Å²) in [7, 11) is 1.98. The van der Waals surface area contributed by atoms with Crippen LogP contribution in [0.2, 0.25) is 0 Å². The van der Waals surface area contributed by atoms with Crippen LogP contribution in [0.25, 0.3) is 0 Å². The van der Waals surface area contributed by atoms with Crippen molar-refractivity contribution in [2.45, 2.75) is 88.8 Å². The molecule has 3 heteroatoms. The zero-order chi connectivity index (χ0) is 14.4. The molecule has 1 unspecified atom stereocenters. The molecule has 0 amide bonds. The second kappa shape index (κ2) is 7.77. The van der Waals surface area contributed by atoms with Crippen LogP contribution in [-0.2, 0) is 0 Å². The minimum Gasteiger partial charge on any atom is -0.394 e. The molecular formula is C17H34N2O. The van der Waals surface area contributed by atoms with E-state index in [1.807, 2.05) is 7.05 Å². The van der Waals surface area contributed by atoms with Crippen LogP contribution >= 0.6 is 0 Å². The molecule has 0 aromatic carbocycles. The molecular weight excluding hydrogens is 248 g/mol. The van der Waals surface area contributed by atoms with Gasteiger partial charge in [0.15, 0.2) is 0 Å². The highest BCUT2D eigenvalue weighted by Crippen LogP contribution is 2.31. The number of aliphatic hydroxyl groups excluding tert-OH is 1. The number of aliphatic hydroxyl groups is 1. The number of hydrogen-bond donors (Lipinski definition) is 2. The minimum absolute atomic E-state index is 0.158. The predicted octanol–water partition coefficient (Wildman–Crippen LogP) is 2.92. The van der Waals surface area contributed by atoms with Crippen molar-refractivity contribution in [3.05, 3.63) is 0 Å². The number of nitrogens with one attached hydrogen (secondary N) is 1. The smallest absolute Gasteiger partial charge is 0.0623 e. The molecule has 0 saturated heterocycles. The lowest BCUT2D eigenvalue weighted by molar-refractivity contribution is 0.0367. The molecule has 0 bridgehead atoms. The van der Waals surface area contributed by atoms with Gasteiger partial charge in [-0.3, -0.25) is 4.90 Å². The van der Waals surface area contributed by atoms with Gasteiger partial charge in [-0.2, -0.15) is 0 Å². The van der Waals surface area contributed by atoms with Crippen molar-refractivity contribution in [3.8, 4) is 0 Å². The van der Waals surface area contributed by atoms with Crippen LogP contribution in [0.5, 0.6) is 0 Å². The van der Waals surface area contributed by atoms with E-state index in [2.05, 4.69) is 17.1 Å². The quantitative estimate of drug-likeness (QED) is 0.786. The largest absolute Gasteiger partial charge is 0.394 e. The Hall–Kier alpha value is -0.120. The second-order valence-corrected chi connectivity index (χ2v) is 7.22. The number of nitrogens with zero attached hydrogens (tertiary/aromatic N) is 1. The lowest BCUT2D eigenvalue weighted by Gasteiger charge is -2.45. The first kappa shape index (κ1) is 16.3. The summed E-state index contributed by atoms with van der Waals surface area (Å²) in [6.45, 7) is 3.38. The number of rotatable bonds is 6. The van der Waals surface area contributed by atoms with Gasteiger partial charge in [-0.25, -0.2) is 0 Å². The molecule has 2 N–H and O–H groups in total. The molecule has 0 aromatic rings. The average molecular weight is 282 g/mol. The summed E-state index contributed by atoms with van der Waals surface area (Å²) in [6, 6.07) is 1.51. The maximum absolute atomic E-state index is 9.74. The fourth-order valence-corrected chi connectivity index (χ4v) is 3.99. The lowest BCUT2D eigenvalue weighted by atomic mass is 9.87. The van der Waals surface area contributed by atoms with E-state index in [0.29, 0.717) is 0 Å². The maximum Gasteiger partial charge on any atom is 0.0623 e. The van der Waals surface area contributed by atoms with Crippen LogP contribution in [0.15, 0.2) is 0 Å². The van der Waals surface area contributed by atoms with Crippen LogP contribution in [0, 0.1) is 0 Å². The first-order valence-corrected chi connectivity index (χ1v) is 8.74. The highest BCUT2D eigenvalue weighted by atomic mass is 16.3. The number of likely N-dealkylation sites (N-methyl/N-ethyl adjacent to an activating group) is 1. The number of hydrogen-bond acceptors (Lipinski definition) is 3. The summed E-state index contributed by atoms with van der Waals surface area (Å²) >= 11 is 0. The maximum atomic E-state index is 9.74. The van der Waals surface area contributed by atoms with Gasteiger partial charge in [0.1, 0.15) is 0 Å². The zero-order valence-corrected chi connectivity index (χ0v) is 13.5. The van der Waals surface area contributed by atoms with Gasteiger partial charge in [0.05, 0.1) is 12.1 Å². The van der Waals surface area contributed by atoms with E-state index in [-0.39, 0.29) is 12.1 Å². The summed E-state index contributed by atoms with van der Waals surface area (Å²) in [5.74, 6) is 0. The van der Waals surface area contributed by atoms with Crippen LogP contribution in [0.1, 0.15) is 71.1 Å². The first-order chi connectivity index (χ1) is 9.68. The molecule has 2 aliphatic rings. The molecule has 2 fully saturated rings. The van der Waals surface area contributed by atoms with E-state index < -0.39 is 0 Å². The fraction of sp³-hybridized carbons (Fsp3) is 1.00. The Morgan fingerprint density at radius 2 is 1.40 bits per heavy atom. The first-order valence-electron chi connectivity index (χ1n) is 8.74. The van der Waals surface area contributed by atoms with E-state index in [1.54, 1.807) is 0 Å². The van der Waals surface area contributed by atoms with Gasteiger partial charge in [-0.15, -0.1) is 0 Å². The van der Waals surface area contributed by atoms with E-state index >= 15 is 0 Å². The van der Waals surface area contributed by atoms with Crippen LogP contribution in [-0.4, -0.2) is 47.8 Å². The van der Waals surface area contributed by atoms with Gasteiger partial charge < -0.3 is 10.4 Å². The van der Waals surface area contributed by atoms with E-state index in [4.69, 9.17) is 0 Å². The average Bonchev–Trinajstić information content (AvgIpc) is 2.54. The third-order valence-corrected chi connectivity index (χ3v) is 5.57. The van der Waals surface area contributed by atoms with Crippen LogP contribution in [0.4, 0.5) is 0 Å². The predicted molar refractivity (Wildman–Crippen MR) is 85.0 cm³/mol. The van der Waals surface area contributed by atoms with Crippen LogP contribution in [0.3, 0.4) is 0 Å². The SMILES string of the molecule is CNC(C)(CO)CN(C1CCCCC1)C1CCCCC1. The van der Waals surface area contributed by atoms with Gasteiger partial charge >= 0.3 is 0 Å². The monoisotopic (exact) mass is 282 g/mol. The van der Waals surface area contributed by atoms with E-state index in [1.165, 1.54) is 64.2 Å². The van der Waals surface area contributed by atoms with Crippen molar-refractivity contribution in [1.82, 2.24) is 10.2 Å². The second-order valence-electron chi connectivity index (χ2n) is 7.22. The highest BCUT2D eigenvalue weighted by Gasteiger charge is 2.34. The van der Waals surface area contributed by atoms with Gasteiger partial charge in [0.2, 0.25) is 0 Å². The third kappa shape index (κ3) is 4.19. The summed E-state index contributed by atoms with van der Waals surface area (Å²) < 4.78 is 0. The summed E-state index contributed by atoms with van der Waals surface area (Å²) in [5, 5.41) is 13.1. The topological polar surface area (TPSA) is 35.5 Å². The van der Waals surface area contributed by atoms with Crippen molar-refractivity contribution in [2.24, 2.45) is 0 Å². The van der Waals surface area contributed by atoms with Gasteiger partial charge in [-0.05, 0) is 39.7 Å². The summed E-state index contributed by atoms with van der Waals surface area (Å²) in [5.41, 5.74) is -0.158. The zero-order valence-electron chi connectivity index (χ0n) is 13.5. The summed E-state index contributed by atoms with van der Waals surface area (Å²) in [6.07, 6.45) is 13.8. The molecule has 0 spiro atoms. The van der Waals surface area contributed by atoms with Gasteiger partial charge in [0.25, 0.3) is 0 Å². The fourth-order valence-electron chi connectivity index (χ4n) is 3.99. The molecule has 2 saturated carbocycles. The van der Waals surface area contributed by atoms with Gasteiger partial charge in [-0.1, -0.05) is 38.5 Å². The molecule has 2 aliphatic carbocycles. The van der Waals surface area contributed by atoms with Crippen molar-refractivity contribution in [2.75, 3.05) is 20.2 Å². The minimum atomic E-state index is -0.158. The Morgan fingerprint density at radius 3 is 1.75 bits per heavy atom. The Morgan fingerprint density at radius 1 is 0.950 bits per heavy atom. The normalized spacial score (nSPS) is 25.8. The molecule has 0 radical (unpaired) electrons. The van der Waals surface area contributed by atoms with Crippen LogP contribution < -0.4 is 5.32 Å². The molecule has 2 rings (SSSR count). The lowest BCUT2D eigenvalue weighted by Crippen LogP contribution is -2.58. The third-order valence-electron chi connectivity index (χ3n) is 5.57. The molecule has 0 aliphatic heterocycles. The van der Waals surface area contributed by atoms with Crippen molar-refractivity contribution >= 4 is 0 Å². The van der Waals surface area contributed by atoms with Gasteiger partial charge in [0, 0.05) is 18.6 Å². The molecule has 20 heavy (non-hydrogen) atoms. The highest BCUT2D eigenvalue weighted by molar-refractivity contribution is 4.92. The Kier molecular flexibility index (Phi) is 6.31. The molecule has 118 valence electrons. The molecule has 0 aromatic heterocycles. The molecule has 0 heterocycles. The Labute approximate surface area is 125 Å². The van der Waals surface area contributed by atoms with E-state index in [0.717, 1.165) is 18.6 Å². The summed E-state index contributed by atoms with van der Waals surface area (Å²) in [4.78, 5) is 2.77. The molecule has 3 nitrogen and oxygen atoms in total. The molecule has 1 atom stereocenters. The standard InChI is InChI=1S/C17H34N2O/c1-17(14-20,18-2)13-19(15-9-5-3-6-10-15)16-11-7-4-8-12-16/h15-16,18,20H,3-14H2,1-2H3. The Balaban J connectivity index is 2.05. The van der Waals surface area contributed by atoms with E-state index in [9.17, 15) is 5.11 Å². The Bertz CT molecular complexity index is 248. The van der Waals surface area contributed by atoms with Crippen molar-refractivity contribution < 1.29 is 5.11 Å². The van der Waals surface area contributed by atoms with Crippen molar-refractivity contribution in [1.29, 1.82) is 0 Å².